The maximum atomic E-state index is 15.0. The molecular weight excluding hydrogens is 837 g/mol. The topological polar surface area (TPSA) is 9.23 Å². The molecule has 0 radical (unpaired) electrons. The molecule has 1 saturated heterocycles. The van der Waals surface area contributed by atoms with E-state index in [0.717, 1.165) is 38.5 Å². The van der Waals surface area contributed by atoms with E-state index in [4.69, 9.17) is 4.74 Å². The Morgan fingerprint density at radius 3 is 1.11 bits per heavy atom. The van der Waals surface area contributed by atoms with Crippen LogP contribution in [0.1, 0.15) is 142 Å². The van der Waals surface area contributed by atoms with E-state index in [0.29, 0.717) is 25.3 Å². The molecule has 1 fully saturated rings. The number of rotatable bonds is 28. The highest BCUT2D eigenvalue weighted by atomic mass is 28.3. The zero-order valence-electron chi connectivity index (χ0n) is 32.4. The van der Waals surface area contributed by atoms with Crippen LogP contribution in [0.3, 0.4) is 0 Å². The van der Waals surface area contributed by atoms with Gasteiger partial charge in [0.2, 0.25) is 0 Å². The van der Waals surface area contributed by atoms with Gasteiger partial charge in [-0.1, -0.05) is 129 Å². The smallest absolute Gasteiger partial charge is 0.378 e. The van der Waals surface area contributed by atoms with E-state index in [1.807, 2.05) is 0 Å². The molecule has 0 aromatic carbocycles. The Labute approximate surface area is 322 Å². The molecule has 0 aromatic rings. The molecule has 1 aliphatic rings. The van der Waals surface area contributed by atoms with Crippen LogP contribution in [0.5, 0.6) is 0 Å². The maximum absolute atomic E-state index is 15.0. The van der Waals surface area contributed by atoms with Gasteiger partial charge in [0.15, 0.2) is 0 Å². The third-order valence-corrected chi connectivity index (χ3v) is 16.0. The summed E-state index contributed by atoms with van der Waals surface area (Å²) in [6.45, 7) is 5.27. The number of ether oxygens (including phenoxy) is 1. The summed E-state index contributed by atoms with van der Waals surface area (Å²) in [6.07, 6.45) is 5.81. The maximum Gasteiger partial charge on any atom is 0.460 e. The van der Waals surface area contributed by atoms with Gasteiger partial charge in [-0.2, -0.15) is 83.4 Å². The fraction of sp³-hybridized carbons (Fsp3) is 1.00. The Morgan fingerprint density at radius 1 is 0.439 bits per heavy atom. The third-order valence-electron chi connectivity index (χ3n) is 11.3. The molecule has 0 aliphatic carbocycles. The van der Waals surface area contributed by atoms with Crippen LogP contribution in [-0.4, -0.2) is 73.5 Å². The van der Waals surface area contributed by atoms with Crippen molar-refractivity contribution in [3.05, 3.63) is 0 Å². The molecule has 57 heavy (non-hydrogen) atoms. The van der Waals surface area contributed by atoms with Gasteiger partial charge >= 0.3 is 53.6 Å². The Bertz CT molecular complexity index is 1180. The lowest BCUT2D eigenvalue weighted by Gasteiger charge is -2.49. The minimum Gasteiger partial charge on any atom is -0.378 e. The lowest BCUT2D eigenvalue weighted by Crippen LogP contribution is -2.75. The van der Waals surface area contributed by atoms with E-state index in [-0.39, 0.29) is 19.4 Å². The van der Waals surface area contributed by atoms with Crippen LogP contribution in [-0.2, 0) is 4.74 Å². The van der Waals surface area contributed by atoms with Crippen LogP contribution >= 0.6 is 0 Å². The van der Waals surface area contributed by atoms with Crippen molar-refractivity contribution < 1.29 is 88.2 Å². The Morgan fingerprint density at radius 2 is 0.772 bits per heavy atom. The van der Waals surface area contributed by atoms with Crippen molar-refractivity contribution in [2.24, 2.45) is 0 Å². The Kier molecular flexibility index (Phi) is 19.0. The lowest BCUT2D eigenvalue weighted by molar-refractivity contribution is -0.468. The standard InChI is InChI=1S/C36H55F19OSi/c1-4-5-6-7-8-9-10-11-12-13-14-15-16-17-18-21-26-57(2,3)27(22-19-20-25-56-27)23-24-28(37,38)29(39,40)30(41,42)31(43,44)32(45,46)33(47,48)34(49,50)35(51,52)36(53,54)55/h4-26H2,1-3H3. The molecule has 1 nitrogen and oxygen atoms in total. The van der Waals surface area contributed by atoms with E-state index in [2.05, 4.69) is 6.92 Å². The molecule has 342 valence electrons. The highest BCUT2D eigenvalue weighted by Gasteiger charge is 2.96. The average Bonchev–Trinajstić information content (AvgIpc) is 3.09. The molecule has 0 spiro atoms. The van der Waals surface area contributed by atoms with Gasteiger partial charge in [-0.05, 0) is 25.7 Å². The summed E-state index contributed by atoms with van der Waals surface area (Å²) in [7, 11) is -3.01. The van der Waals surface area contributed by atoms with E-state index in [1.165, 1.54) is 51.4 Å². The summed E-state index contributed by atoms with van der Waals surface area (Å²) in [6, 6.07) is 0.333. The first-order valence-electron chi connectivity index (χ1n) is 19.5. The largest absolute Gasteiger partial charge is 0.460 e. The number of alkyl halides is 19. The highest BCUT2D eigenvalue weighted by molar-refractivity contribution is 6.80. The quantitative estimate of drug-likeness (QED) is 0.0432. The van der Waals surface area contributed by atoms with Crippen molar-refractivity contribution in [3.8, 4) is 0 Å². The van der Waals surface area contributed by atoms with Gasteiger partial charge in [0.1, 0.15) is 0 Å². The molecule has 0 amide bonds. The molecule has 0 saturated carbocycles. The highest BCUT2D eigenvalue weighted by Crippen LogP contribution is 2.65. The summed E-state index contributed by atoms with van der Waals surface area (Å²) < 4.78 is 269. The van der Waals surface area contributed by atoms with Gasteiger partial charge in [-0.3, -0.25) is 0 Å². The van der Waals surface area contributed by atoms with E-state index in [1.54, 1.807) is 13.1 Å². The van der Waals surface area contributed by atoms with Crippen LogP contribution in [0.2, 0.25) is 19.1 Å². The zero-order chi connectivity index (χ0) is 44.5. The molecule has 1 atom stereocenters. The van der Waals surface area contributed by atoms with Crippen molar-refractivity contribution in [1.82, 2.24) is 0 Å². The lowest BCUT2D eigenvalue weighted by atomic mass is 9.86. The first-order chi connectivity index (χ1) is 25.7. The van der Waals surface area contributed by atoms with Crippen molar-refractivity contribution >= 4 is 8.07 Å². The SMILES string of the molecule is CCCCCCCCCCCCCCCCCC[Si](C)(C)C1(CCC(F)(F)C(F)(F)C(F)(F)C(F)(F)C(F)(F)C(F)(F)C(F)(F)C(F)(F)C(F)(F)F)CCCCO1. The van der Waals surface area contributed by atoms with Crippen molar-refractivity contribution in [2.75, 3.05) is 6.61 Å². The normalized spacial score (nSPS) is 19.1. The molecule has 21 heteroatoms. The predicted molar refractivity (Wildman–Crippen MR) is 179 cm³/mol. The van der Waals surface area contributed by atoms with Crippen LogP contribution in [0.25, 0.3) is 0 Å². The van der Waals surface area contributed by atoms with E-state index < -0.39 is 79.7 Å². The second-order valence-electron chi connectivity index (χ2n) is 16.0. The molecule has 1 unspecified atom stereocenters. The second kappa shape index (κ2) is 20.1. The van der Waals surface area contributed by atoms with Crippen LogP contribution < -0.4 is 0 Å². The minimum atomic E-state index is -8.91. The molecule has 1 rings (SSSR count). The molecular formula is C36H55F19OSi. The minimum absolute atomic E-state index is 0.0912. The van der Waals surface area contributed by atoms with Crippen molar-refractivity contribution in [3.63, 3.8) is 0 Å². The Balaban J connectivity index is 2.98. The summed E-state index contributed by atoms with van der Waals surface area (Å²) in [5.41, 5.74) is 0. The van der Waals surface area contributed by atoms with Crippen LogP contribution in [0, 0.1) is 0 Å². The number of hydrogen-bond acceptors (Lipinski definition) is 1. The molecule has 1 aliphatic heterocycles. The first-order valence-corrected chi connectivity index (χ1v) is 22.7. The van der Waals surface area contributed by atoms with Gasteiger partial charge in [0, 0.05) is 13.0 Å². The number of hydrogen-bond donors (Lipinski definition) is 0. The molecule has 0 N–H and O–H groups in total. The monoisotopic (exact) mass is 892 g/mol. The van der Waals surface area contributed by atoms with Gasteiger partial charge in [0.05, 0.1) is 13.3 Å². The third kappa shape index (κ3) is 11.4. The predicted octanol–water partition coefficient (Wildman–Crippen LogP) is 15.9. The molecule has 1 heterocycles. The summed E-state index contributed by atoms with van der Waals surface area (Å²) in [5, 5.41) is -1.68. The summed E-state index contributed by atoms with van der Waals surface area (Å²) >= 11 is 0. The Hall–Kier alpha value is -1.15. The van der Waals surface area contributed by atoms with Crippen molar-refractivity contribution in [1.29, 1.82) is 0 Å². The molecule has 0 bridgehead atoms. The average molecular weight is 893 g/mol. The van der Waals surface area contributed by atoms with Gasteiger partial charge in [0.25, 0.3) is 0 Å². The molecule has 0 aromatic heterocycles. The van der Waals surface area contributed by atoms with Crippen LogP contribution in [0.15, 0.2) is 0 Å². The number of unbranched alkanes of at least 4 members (excludes halogenated alkanes) is 15. The van der Waals surface area contributed by atoms with Gasteiger partial charge in [-0.15, -0.1) is 0 Å². The fourth-order valence-electron chi connectivity index (χ4n) is 7.17. The van der Waals surface area contributed by atoms with Gasteiger partial charge in [-0.25, -0.2) is 0 Å². The number of halogens is 19. The van der Waals surface area contributed by atoms with Crippen molar-refractivity contribution in [2.45, 2.75) is 220 Å². The second-order valence-corrected chi connectivity index (χ2v) is 21.1. The van der Waals surface area contributed by atoms with Crippen LogP contribution in [0.4, 0.5) is 83.4 Å². The van der Waals surface area contributed by atoms with Gasteiger partial charge < -0.3 is 4.74 Å². The summed E-state index contributed by atoms with van der Waals surface area (Å²) in [4.78, 5) is 0. The van der Waals surface area contributed by atoms with E-state index in [9.17, 15) is 83.4 Å². The zero-order valence-corrected chi connectivity index (χ0v) is 33.4. The summed E-state index contributed by atoms with van der Waals surface area (Å²) in [5.74, 6) is -66.3. The fourth-order valence-corrected chi connectivity index (χ4v) is 10.9. The van der Waals surface area contributed by atoms with E-state index >= 15 is 0 Å². The first kappa shape index (κ1) is 53.9.